The first-order valence-electron chi connectivity index (χ1n) is 4.96. The number of halogens is 1. The smallest absolute Gasteiger partial charge is 0.262 e. The number of alkyl halides is 1. The van der Waals surface area contributed by atoms with Gasteiger partial charge < -0.3 is 5.32 Å². The van der Waals surface area contributed by atoms with Crippen molar-refractivity contribution in [2.75, 3.05) is 12.4 Å². The van der Waals surface area contributed by atoms with Crippen LogP contribution in [0.1, 0.15) is 29.4 Å². The average Bonchev–Trinajstić information content (AvgIpc) is 2.77. The van der Waals surface area contributed by atoms with Gasteiger partial charge in [-0.25, -0.2) is 0 Å². The number of thiazole rings is 1. The standard InChI is InChI=1S/C10H15ClN2OS/c1-8(5-11)3-2-4-13-10(14)9-6-12-7-15-9/h6-8H,2-5H2,1H3,(H,13,14). The number of amides is 1. The number of hydrogen-bond acceptors (Lipinski definition) is 3. The lowest BCUT2D eigenvalue weighted by atomic mass is 10.1. The van der Waals surface area contributed by atoms with E-state index in [1.165, 1.54) is 11.3 Å². The zero-order valence-electron chi connectivity index (χ0n) is 8.70. The van der Waals surface area contributed by atoms with E-state index in [2.05, 4.69) is 17.2 Å². The predicted octanol–water partition coefficient (Wildman–Crippen LogP) is 2.53. The van der Waals surface area contributed by atoms with Crippen molar-refractivity contribution in [1.29, 1.82) is 0 Å². The topological polar surface area (TPSA) is 42.0 Å². The van der Waals surface area contributed by atoms with Crippen LogP contribution in [0, 0.1) is 5.92 Å². The molecule has 1 aromatic heterocycles. The summed E-state index contributed by atoms with van der Waals surface area (Å²) in [6.07, 6.45) is 3.60. The van der Waals surface area contributed by atoms with Gasteiger partial charge in [-0.1, -0.05) is 6.92 Å². The number of carbonyl (C=O) groups excluding carboxylic acids is 1. The Kier molecular flexibility index (Phi) is 5.65. The number of rotatable bonds is 6. The van der Waals surface area contributed by atoms with Crippen molar-refractivity contribution in [2.45, 2.75) is 19.8 Å². The van der Waals surface area contributed by atoms with Crippen LogP contribution in [-0.4, -0.2) is 23.3 Å². The van der Waals surface area contributed by atoms with Gasteiger partial charge in [-0.15, -0.1) is 22.9 Å². The minimum absolute atomic E-state index is 0.0315. The highest BCUT2D eigenvalue weighted by molar-refractivity contribution is 7.11. The van der Waals surface area contributed by atoms with Crippen molar-refractivity contribution in [2.24, 2.45) is 5.92 Å². The molecule has 1 unspecified atom stereocenters. The maximum Gasteiger partial charge on any atom is 0.262 e. The van der Waals surface area contributed by atoms with Crippen LogP contribution in [0.25, 0.3) is 0 Å². The van der Waals surface area contributed by atoms with Crippen LogP contribution >= 0.6 is 22.9 Å². The van der Waals surface area contributed by atoms with E-state index in [4.69, 9.17) is 11.6 Å². The molecule has 1 rings (SSSR count). The Bertz CT molecular complexity index is 290. The summed E-state index contributed by atoms with van der Waals surface area (Å²) >= 11 is 7.04. The number of nitrogens with zero attached hydrogens (tertiary/aromatic N) is 1. The van der Waals surface area contributed by atoms with Gasteiger partial charge in [0, 0.05) is 12.4 Å². The molecule has 0 radical (unpaired) electrons. The second-order valence-corrected chi connectivity index (χ2v) is 4.72. The fourth-order valence-corrected chi connectivity index (χ4v) is 1.84. The zero-order valence-corrected chi connectivity index (χ0v) is 10.3. The molecule has 0 aliphatic heterocycles. The monoisotopic (exact) mass is 246 g/mol. The molecule has 1 amide bonds. The van der Waals surface area contributed by atoms with Crippen LogP contribution in [0.2, 0.25) is 0 Å². The maximum atomic E-state index is 11.5. The van der Waals surface area contributed by atoms with Crippen molar-refractivity contribution in [3.05, 3.63) is 16.6 Å². The molecule has 5 heteroatoms. The van der Waals surface area contributed by atoms with Crippen LogP contribution in [0.3, 0.4) is 0 Å². The minimum Gasteiger partial charge on any atom is -0.351 e. The van der Waals surface area contributed by atoms with E-state index in [0.29, 0.717) is 23.2 Å². The van der Waals surface area contributed by atoms with Gasteiger partial charge in [-0.2, -0.15) is 0 Å². The van der Waals surface area contributed by atoms with Crippen molar-refractivity contribution < 1.29 is 4.79 Å². The quantitative estimate of drug-likeness (QED) is 0.619. The number of carbonyl (C=O) groups is 1. The van der Waals surface area contributed by atoms with Crippen LogP contribution in [0.4, 0.5) is 0 Å². The van der Waals surface area contributed by atoms with Gasteiger partial charge in [-0.3, -0.25) is 9.78 Å². The maximum absolute atomic E-state index is 11.5. The fraction of sp³-hybridized carbons (Fsp3) is 0.600. The number of aromatic nitrogens is 1. The lowest BCUT2D eigenvalue weighted by Gasteiger charge is -2.07. The van der Waals surface area contributed by atoms with Gasteiger partial charge in [0.25, 0.3) is 5.91 Å². The normalized spacial score (nSPS) is 12.4. The molecule has 3 nitrogen and oxygen atoms in total. The van der Waals surface area contributed by atoms with Crippen LogP contribution in [0.15, 0.2) is 11.7 Å². The Morgan fingerprint density at radius 1 is 1.73 bits per heavy atom. The third-order valence-electron chi connectivity index (χ3n) is 2.08. The van der Waals surface area contributed by atoms with Gasteiger partial charge in [0.05, 0.1) is 11.7 Å². The molecule has 0 aliphatic rings. The van der Waals surface area contributed by atoms with Crippen LogP contribution < -0.4 is 5.32 Å². The van der Waals surface area contributed by atoms with Crippen molar-refractivity contribution >= 4 is 28.8 Å². The predicted molar refractivity (Wildman–Crippen MR) is 63.6 cm³/mol. The Morgan fingerprint density at radius 2 is 2.53 bits per heavy atom. The molecule has 0 saturated carbocycles. The highest BCUT2D eigenvalue weighted by atomic mass is 35.5. The highest BCUT2D eigenvalue weighted by Crippen LogP contribution is 2.07. The first-order chi connectivity index (χ1) is 7.24. The molecule has 0 aromatic carbocycles. The van der Waals surface area contributed by atoms with Crippen molar-refractivity contribution in [3.63, 3.8) is 0 Å². The Hall–Kier alpha value is -0.610. The number of hydrogen-bond donors (Lipinski definition) is 1. The molecule has 0 saturated heterocycles. The summed E-state index contributed by atoms with van der Waals surface area (Å²) in [6.45, 7) is 2.82. The zero-order chi connectivity index (χ0) is 11.1. The van der Waals surface area contributed by atoms with E-state index in [0.717, 1.165) is 12.8 Å². The van der Waals surface area contributed by atoms with Crippen LogP contribution in [-0.2, 0) is 0 Å². The summed E-state index contributed by atoms with van der Waals surface area (Å²) < 4.78 is 0. The van der Waals surface area contributed by atoms with Gasteiger partial charge in [0.15, 0.2) is 0 Å². The van der Waals surface area contributed by atoms with Crippen molar-refractivity contribution in [1.82, 2.24) is 10.3 Å². The summed E-state index contributed by atoms with van der Waals surface area (Å²) in [6, 6.07) is 0. The van der Waals surface area contributed by atoms with Gasteiger partial charge in [-0.05, 0) is 18.8 Å². The van der Waals surface area contributed by atoms with E-state index >= 15 is 0 Å². The Morgan fingerprint density at radius 3 is 3.13 bits per heavy atom. The van der Waals surface area contributed by atoms with E-state index < -0.39 is 0 Å². The molecule has 0 fully saturated rings. The Labute approximate surface area is 98.9 Å². The Balaban J connectivity index is 2.13. The highest BCUT2D eigenvalue weighted by Gasteiger charge is 2.06. The molecule has 1 atom stereocenters. The molecule has 0 spiro atoms. The summed E-state index contributed by atoms with van der Waals surface area (Å²) in [7, 11) is 0. The summed E-state index contributed by atoms with van der Waals surface area (Å²) in [4.78, 5) is 16.0. The second kappa shape index (κ2) is 6.80. The molecule has 15 heavy (non-hydrogen) atoms. The van der Waals surface area contributed by atoms with E-state index in [1.54, 1.807) is 11.7 Å². The SMILES string of the molecule is CC(CCl)CCCNC(=O)c1cncs1. The van der Waals surface area contributed by atoms with E-state index in [1.807, 2.05) is 0 Å². The average molecular weight is 247 g/mol. The van der Waals surface area contributed by atoms with Gasteiger partial charge >= 0.3 is 0 Å². The molecule has 1 heterocycles. The molecule has 0 aliphatic carbocycles. The first-order valence-corrected chi connectivity index (χ1v) is 6.38. The van der Waals surface area contributed by atoms with Gasteiger partial charge in [0.1, 0.15) is 4.88 Å². The minimum atomic E-state index is -0.0315. The summed E-state index contributed by atoms with van der Waals surface area (Å²) in [5.41, 5.74) is 1.66. The molecular weight excluding hydrogens is 232 g/mol. The largest absolute Gasteiger partial charge is 0.351 e. The molecular formula is C10H15ClN2OS. The number of nitrogens with one attached hydrogen (secondary N) is 1. The summed E-state index contributed by atoms with van der Waals surface area (Å²) in [5, 5.41) is 2.85. The molecule has 1 N–H and O–H groups in total. The molecule has 1 aromatic rings. The van der Waals surface area contributed by atoms with Gasteiger partial charge in [0.2, 0.25) is 0 Å². The summed E-state index contributed by atoms with van der Waals surface area (Å²) in [5.74, 6) is 1.17. The second-order valence-electron chi connectivity index (χ2n) is 3.52. The lowest BCUT2D eigenvalue weighted by molar-refractivity contribution is 0.0956. The third-order valence-corrected chi connectivity index (χ3v) is 3.38. The van der Waals surface area contributed by atoms with E-state index in [9.17, 15) is 4.79 Å². The third kappa shape index (κ3) is 4.62. The first kappa shape index (κ1) is 12.5. The van der Waals surface area contributed by atoms with E-state index in [-0.39, 0.29) is 5.91 Å². The molecule has 0 bridgehead atoms. The van der Waals surface area contributed by atoms with Crippen molar-refractivity contribution in [3.8, 4) is 0 Å². The lowest BCUT2D eigenvalue weighted by Crippen LogP contribution is -2.23. The fourth-order valence-electron chi connectivity index (χ4n) is 1.14. The molecule has 84 valence electrons. The van der Waals surface area contributed by atoms with Crippen LogP contribution in [0.5, 0.6) is 0 Å².